The van der Waals surface area contributed by atoms with Crippen molar-refractivity contribution in [2.45, 2.75) is 6.54 Å². The zero-order valence-corrected chi connectivity index (χ0v) is 12.0. The van der Waals surface area contributed by atoms with Crippen LogP contribution >= 0.6 is 15.9 Å². The first-order valence-corrected chi connectivity index (χ1v) is 6.49. The molecule has 8 heteroatoms. The lowest BCUT2D eigenvalue weighted by molar-refractivity contribution is -0.386. The summed E-state index contributed by atoms with van der Waals surface area (Å²) >= 11 is 3.19. The number of anilines is 1. The number of nitro groups is 1. The second kappa shape index (κ2) is 6.13. The summed E-state index contributed by atoms with van der Waals surface area (Å²) in [5, 5.41) is 13.4. The molecule has 0 amide bonds. The molecule has 21 heavy (non-hydrogen) atoms. The Bertz CT molecular complexity index is 710. The summed E-state index contributed by atoms with van der Waals surface area (Å²) in [5.74, 6) is -2.71. The van der Waals surface area contributed by atoms with E-state index >= 15 is 0 Å². The second-order valence-electron chi connectivity index (χ2n) is 4.13. The summed E-state index contributed by atoms with van der Waals surface area (Å²) < 4.78 is 40.3. The highest BCUT2D eigenvalue weighted by molar-refractivity contribution is 9.10. The molecule has 4 nitrogen and oxygen atoms in total. The molecule has 2 aromatic carbocycles. The highest BCUT2D eigenvalue weighted by Gasteiger charge is 2.22. The van der Waals surface area contributed by atoms with Crippen LogP contribution in [0.5, 0.6) is 0 Å². The van der Waals surface area contributed by atoms with Crippen LogP contribution in [0.2, 0.25) is 0 Å². The van der Waals surface area contributed by atoms with Gasteiger partial charge in [-0.05, 0) is 23.8 Å². The average Bonchev–Trinajstić information content (AvgIpc) is 2.38. The molecule has 2 aromatic rings. The van der Waals surface area contributed by atoms with Gasteiger partial charge in [-0.2, -0.15) is 4.39 Å². The minimum Gasteiger partial charge on any atom is -0.375 e. The molecule has 0 unspecified atom stereocenters. The molecule has 1 N–H and O–H groups in total. The average molecular weight is 361 g/mol. The van der Waals surface area contributed by atoms with Gasteiger partial charge in [-0.25, -0.2) is 8.78 Å². The molecule has 2 rings (SSSR count). The van der Waals surface area contributed by atoms with E-state index in [0.29, 0.717) is 16.1 Å². The van der Waals surface area contributed by atoms with Gasteiger partial charge < -0.3 is 5.32 Å². The summed E-state index contributed by atoms with van der Waals surface area (Å²) in [6.07, 6.45) is 0. The van der Waals surface area contributed by atoms with E-state index in [2.05, 4.69) is 21.2 Å². The fourth-order valence-electron chi connectivity index (χ4n) is 1.76. The van der Waals surface area contributed by atoms with Gasteiger partial charge in [-0.3, -0.25) is 10.1 Å². The van der Waals surface area contributed by atoms with Crippen molar-refractivity contribution >= 4 is 27.3 Å². The van der Waals surface area contributed by atoms with E-state index in [1.165, 1.54) is 18.2 Å². The zero-order chi connectivity index (χ0) is 15.6. The quantitative estimate of drug-likeness (QED) is 0.649. The third kappa shape index (κ3) is 3.52. The minimum absolute atomic E-state index is 0.0396. The molecule has 0 aliphatic rings. The van der Waals surface area contributed by atoms with E-state index in [-0.39, 0.29) is 12.2 Å². The first-order chi connectivity index (χ1) is 9.88. The molecule has 0 bridgehead atoms. The lowest BCUT2D eigenvalue weighted by atomic mass is 10.2. The number of hydrogen-bond donors (Lipinski definition) is 1. The molecule has 110 valence electrons. The van der Waals surface area contributed by atoms with Gasteiger partial charge in [-0.1, -0.05) is 15.9 Å². The van der Waals surface area contributed by atoms with E-state index in [0.717, 1.165) is 6.07 Å². The minimum atomic E-state index is -1.28. The van der Waals surface area contributed by atoms with Gasteiger partial charge in [0.15, 0.2) is 0 Å². The monoisotopic (exact) mass is 360 g/mol. The van der Waals surface area contributed by atoms with E-state index < -0.39 is 28.1 Å². The van der Waals surface area contributed by atoms with Gasteiger partial charge in [0.1, 0.15) is 17.3 Å². The Morgan fingerprint density at radius 3 is 2.52 bits per heavy atom. The largest absolute Gasteiger partial charge is 0.375 e. The van der Waals surface area contributed by atoms with Crippen LogP contribution in [-0.4, -0.2) is 4.92 Å². The Hall–Kier alpha value is -2.09. The van der Waals surface area contributed by atoms with Crippen molar-refractivity contribution in [1.29, 1.82) is 0 Å². The molecule has 0 aliphatic carbocycles. The molecule has 0 aromatic heterocycles. The summed E-state index contributed by atoms with van der Waals surface area (Å²) in [7, 11) is 0. The van der Waals surface area contributed by atoms with E-state index in [9.17, 15) is 23.3 Å². The molecule has 0 radical (unpaired) electrons. The highest BCUT2D eigenvalue weighted by atomic mass is 79.9. The Balaban J connectivity index is 2.31. The van der Waals surface area contributed by atoms with Crippen molar-refractivity contribution in [2.24, 2.45) is 0 Å². The predicted octanol–water partition coefficient (Wildman–Crippen LogP) is 4.39. The lowest BCUT2D eigenvalue weighted by Crippen LogP contribution is -2.05. The Kier molecular flexibility index (Phi) is 4.46. The summed E-state index contributed by atoms with van der Waals surface area (Å²) in [5.41, 5.74) is -0.716. The maximum atomic E-state index is 13.4. The van der Waals surface area contributed by atoms with Crippen LogP contribution in [0.3, 0.4) is 0 Å². The van der Waals surface area contributed by atoms with Gasteiger partial charge in [0.2, 0.25) is 5.82 Å². The van der Waals surface area contributed by atoms with Gasteiger partial charge in [0.05, 0.1) is 4.92 Å². The Morgan fingerprint density at radius 1 is 1.14 bits per heavy atom. The maximum absolute atomic E-state index is 13.4. The third-order valence-electron chi connectivity index (χ3n) is 2.69. The van der Waals surface area contributed by atoms with Crippen LogP contribution in [0, 0.1) is 27.6 Å². The van der Waals surface area contributed by atoms with E-state index in [1.54, 1.807) is 0 Å². The molecule has 0 spiro atoms. The first kappa shape index (κ1) is 15.3. The van der Waals surface area contributed by atoms with Crippen molar-refractivity contribution in [2.75, 3.05) is 5.32 Å². The van der Waals surface area contributed by atoms with Crippen LogP contribution < -0.4 is 5.32 Å². The Labute approximate surface area is 125 Å². The van der Waals surface area contributed by atoms with Gasteiger partial charge in [0.25, 0.3) is 0 Å². The van der Waals surface area contributed by atoms with Gasteiger partial charge in [-0.15, -0.1) is 0 Å². The number of nitro benzene ring substituents is 1. The van der Waals surface area contributed by atoms with Gasteiger partial charge >= 0.3 is 5.69 Å². The second-order valence-corrected chi connectivity index (χ2v) is 4.98. The van der Waals surface area contributed by atoms with Crippen LogP contribution in [-0.2, 0) is 6.54 Å². The van der Waals surface area contributed by atoms with Crippen LogP contribution in [0.15, 0.2) is 34.8 Å². The first-order valence-electron chi connectivity index (χ1n) is 5.69. The van der Waals surface area contributed by atoms with Crippen molar-refractivity contribution in [3.63, 3.8) is 0 Å². The highest BCUT2D eigenvalue weighted by Crippen LogP contribution is 2.30. The lowest BCUT2D eigenvalue weighted by Gasteiger charge is -2.09. The molecule has 0 saturated carbocycles. The summed E-state index contributed by atoms with van der Waals surface area (Å²) in [6.45, 7) is -0.0396. The molecular weight excluding hydrogens is 353 g/mol. The van der Waals surface area contributed by atoms with Crippen molar-refractivity contribution in [3.8, 4) is 0 Å². The Morgan fingerprint density at radius 2 is 1.86 bits per heavy atom. The molecule has 0 heterocycles. The number of hydrogen-bond acceptors (Lipinski definition) is 3. The number of halogens is 4. The fraction of sp³-hybridized carbons (Fsp3) is 0.0769. The predicted molar refractivity (Wildman–Crippen MR) is 74.4 cm³/mol. The summed E-state index contributed by atoms with van der Waals surface area (Å²) in [4.78, 5) is 9.87. The van der Waals surface area contributed by atoms with Crippen LogP contribution in [0.4, 0.5) is 24.5 Å². The normalized spacial score (nSPS) is 10.5. The SMILES string of the molecule is O=[N+]([O-])c1c(F)cc(F)cc1NCc1cc(F)ccc1Br. The maximum Gasteiger partial charge on any atom is 0.327 e. The number of benzene rings is 2. The molecular formula is C13H8BrF3N2O2. The molecule has 0 fully saturated rings. The van der Waals surface area contributed by atoms with Crippen molar-refractivity contribution < 1.29 is 18.1 Å². The smallest absolute Gasteiger partial charge is 0.327 e. The zero-order valence-electron chi connectivity index (χ0n) is 10.4. The number of nitrogens with one attached hydrogen (secondary N) is 1. The van der Waals surface area contributed by atoms with E-state index in [1.807, 2.05) is 0 Å². The van der Waals surface area contributed by atoms with Gasteiger partial charge in [0, 0.05) is 23.2 Å². The molecule has 0 aliphatic heterocycles. The standard InChI is InChI=1S/C13H8BrF3N2O2/c14-10-2-1-8(15)3-7(10)6-18-12-5-9(16)4-11(17)13(12)19(20)21/h1-5,18H,6H2. The third-order valence-corrected chi connectivity index (χ3v) is 3.46. The number of nitrogens with zero attached hydrogens (tertiary/aromatic N) is 1. The number of rotatable bonds is 4. The van der Waals surface area contributed by atoms with Crippen LogP contribution in [0.1, 0.15) is 5.56 Å². The topological polar surface area (TPSA) is 55.2 Å². The van der Waals surface area contributed by atoms with Crippen molar-refractivity contribution in [1.82, 2.24) is 0 Å². The van der Waals surface area contributed by atoms with Crippen molar-refractivity contribution in [3.05, 3.63) is 67.9 Å². The van der Waals surface area contributed by atoms with Crippen LogP contribution in [0.25, 0.3) is 0 Å². The molecule has 0 saturated heterocycles. The summed E-state index contributed by atoms with van der Waals surface area (Å²) in [6, 6.07) is 5.15. The fourth-order valence-corrected chi connectivity index (χ4v) is 2.14. The molecule has 0 atom stereocenters. The van der Waals surface area contributed by atoms with E-state index in [4.69, 9.17) is 0 Å².